The number of hydrogen-bond donors (Lipinski definition) is 0. The molecule has 0 saturated carbocycles. The first-order chi connectivity index (χ1) is 12.9. The fourth-order valence-corrected chi connectivity index (χ4v) is 3.80. The van der Waals surface area contributed by atoms with E-state index in [1.165, 1.54) is 22.3 Å². The molecule has 0 aliphatic heterocycles. The zero-order valence-electron chi connectivity index (χ0n) is 14.7. The molecule has 0 fully saturated rings. The molecular formula is C26H26Si. The van der Waals surface area contributed by atoms with Crippen LogP contribution in [0, 0.1) is 0 Å². The van der Waals surface area contributed by atoms with Gasteiger partial charge in [0.15, 0.2) is 0 Å². The van der Waals surface area contributed by atoms with Gasteiger partial charge >= 0.3 is 0 Å². The van der Waals surface area contributed by atoms with Gasteiger partial charge in [0.2, 0.25) is 0 Å². The Hall–Kier alpha value is -2.90. The first kappa shape index (κ1) is 18.9. The minimum Gasteiger partial charge on any atom is -0.0622 e. The number of hydrogen-bond acceptors (Lipinski definition) is 0. The van der Waals surface area contributed by atoms with Crippen LogP contribution < -0.4 is 0 Å². The molecule has 0 amide bonds. The monoisotopic (exact) mass is 366 g/mol. The van der Waals surface area contributed by atoms with Crippen molar-refractivity contribution in [3.63, 3.8) is 0 Å². The molecule has 0 N–H and O–H groups in total. The summed E-state index contributed by atoms with van der Waals surface area (Å²) in [6.45, 7) is 0. The Morgan fingerprint density at radius 2 is 0.481 bits per heavy atom. The summed E-state index contributed by atoms with van der Waals surface area (Å²) in [6.07, 6.45) is 0. The van der Waals surface area contributed by atoms with E-state index >= 15 is 0 Å². The summed E-state index contributed by atoms with van der Waals surface area (Å²) in [5.41, 5.74) is 5.38. The van der Waals surface area contributed by atoms with Crippen LogP contribution in [-0.2, 0) is 0 Å². The second-order valence-electron chi connectivity index (χ2n) is 6.60. The highest BCUT2D eigenvalue weighted by Crippen LogP contribution is 2.42. The molecule has 0 heterocycles. The lowest BCUT2D eigenvalue weighted by molar-refractivity contribution is 0.694. The van der Waals surface area contributed by atoms with Crippen LogP contribution in [-0.4, -0.2) is 11.0 Å². The second kappa shape index (κ2) is 9.16. The lowest BCUT2D eigenvalue weighted by Crippen LogP contribution is -2.14. The molecule has 134 valence electrons. The summed E-state index contributed by atoms with van der Waals surface area (Å²) in [7, 11) is 0. The van der Waals surface area contributed by atoms with E-state index in [9.17, 15) is 0 Å². The van der Waals surface area contributed by atoms with Crippen LogP contribution in [0.5, 0.6) is 0 Å². The number of rotatable bonds is 5. The third-order valence-corrected chi connectivity index (χ3v) is 4.97. The van der Waals surface area contributed by atoms with E-state index in [1.807, 2.05) is 0 Å². The van der Waals surface area contributed by atoms with Gasteiger partial charge in [-0.2, -0.15) is 0 Å². The third-order valence-electron chi connectivity index (χ3n) is 4.97. The first-order valence-electron chi connectivity index (χ1n) is 9.13. The Bertz CT molecular complexity index is 759. The molecule has 4 aromatic rings. The van der Waals surface area contributed by atoms with Crippen molar-refractivity contribution in [3.8, 4) is 0 Å². The van der Waals surface area contributed by atoms with E-state index in [2.05, 4.69) is 121 Å². The van der Waals surface area contributed by atoms with Gasteiger partial charge in [0.1, 0.15) is 0 Å². The van der Waals surface area contributed by atoms with E-state index in [0.29, 0.717) is 0 Å². The minimum absolute atomic E-state index is 0. The van der Waals surface area contributed by atoms with Gasteiger partial charge < -0.3 is 0 Å². The van der Waals surface area contributed by atoms with E-state index < -0.39 is 0 Å². The lowest BCUT2D eigenvalue weighted by atomic mass is 9.74. The Morgan fingerprint density at radius 3 is 0.667 bits per heavy atom. The predicted molar refractivity (Wildman–Crippen MR) is 121 cm³/mol. The van der Waals surface area contributed by atoms with Crippen LogP contribution in [0.15, 0.2) is 121 Å². The maximum absolute atomic E-state index is 2.25. The number of benzene rings is 4. The molecule has 0 aliphatic carbocycles. The smallest absolute Gasteiger partial charge is 0.0199 e. The highest BCUT2D eigenvalue weighted by atomic mass is 28.1. The van der Waals surface area contributed by atoms with Crippen LogP contribution in [0.3, 0.4) is 0 Å². The Morgan fingerprint density at radius 1 is 0.296 bits per heavy atom. The van der Waals surface area contributed by atoms with Gasteiger partial charge in [-0.15, -0.1) is 0 Å². The molecule has 0 bridgehead atoms. The van der Waals surface area contributed by atoms with Gasteiger partial charge in [0, 0.05) is 11.8 Å². The standard InChI is InChI=1S/C26H22.H4Si/c1-5-13-21(14-6-1)25(22-15-7-2-8-16-22)26(23-17-9-3-10-18-23)24-19-11-4-12-20-24;/h1-20,25-26H;1H4. The average molecular weight is 367 g/mol. The van der Waals surface area contributed by atoms with Gasteiger partial charge in [-0.05, 0) is 33.2 Å². The van der Waals surface area contributed by atoms with Gasteiger partial charge in [-0.3, -0.25) is 0 Å². The summed E-state index contributed by atoms with van der Waals surface area (Å²) < 4.78 is 0. The topological polar surface area (TPSA) is 0 Å². The first-order valence-corrected chi connectivity index (χ1v) is 9.13. The Kier molecular flexibility index (Phi) is 6.40. The molecule has 4 rings (SSSR count). The van der Waals surface area contributed by atoms with E-state index in [1.54, 1.807) is 0 Å². The van der Waals surface area contributed by atoms with Crippen LogP contribution in [0.25, 0.3) is 0 Å². The highest BCUT2D eigenvalue weighted by Gasteiger charge is 2.27. The van der Waals surface area contributed by atoms with Crippen LogP contribution in [0.1, 0.15) is 34.1 Å². The van der Waals surface area contributed by atoms with Gasteiger partial charge in [0.25, 0.3) is 0 Å². The molecule has 0 saturated heterocycles. The van der Waals surface area contributed by atoms with Crippen molar-refractivity contribution in [1.29, 1.82) is 0 Å². The van der Waals surface area contributed by atoms with Crippen molar-refractivity contribution in [2.45, 2.75) is 11.8 Å². The van der Waals surface area contributed by atoms with Gasteiger partial charge in [0.05, 0.1) is 0 Å². The Labute approximate surface area is 166 Å². The third kappa shape index (κ3) is 4.26. The zero-order valence-corrected chi connectivity index (χ0v) is 14.7. The van der Waals surface area contributed by atoms with Crippen molar-refractivity contribution < 1.29 is 0 Å². The summed E-state index contributed by atoms with van der Waals surface area (Å²) in [5, 5.41) is 0. The molecule has 0 aliphatic rings. The van der Waals surface area contributed by atoms with Gasteiger partial charge in [-0.25, -0.2) is 0 Å². The van der Waals surface area contributed by atoms with E-state index in [0.717, 1.165) is 0 Å². The highest BCUT2D eigenvalue weighted by molar-refractivity contribution is 5.75. The average Bonchev–Trinajstić information content (AvgIpc) is 2.74. The maximum Gasteiger partial charge on any atom is 0.0199 e. The van der Waals surface area contributed by atoms with Crippen molar-refractivity contribution in [3.05, 3.63) is 144 Å². The molecule has 0 radical (unpaired) electrons. The largest absolute Gasteiger partial charge is 0.0622 e. The zero-order chi connectivity index (χ0) is 17.6. The molecule has 1 heteroatoms. The molecule has 0 unspecified atom stereocenters. The SMILES string of the molecule is [SiH4].c1ccc(C(c2ccccc2)C(c2ccccc2)c2ccccc2)cc1. The Balaban J connectivity index is 0.00000210. The van der Waals surface area contributed by atoms with Crippen molar-refractivity contribution in [2.24, 2.45) is 0 Å². The quantitative estimate of drug-likeness (QED) is 0.426. The fraction of sp³-hybridized carbons (Fsp3) is 0.0769. The van der Waals surface area contributed by atoms with E-state index in [-0.39, 0.29) is 22.8 Å². The van der Waals surface area contributed by atoms with Crippen LogP contribution in [0.4, 0.5) is 0 Å². The molecule has 0 atom stereocenters. The van der Waals surface area contributed by atoms with Crippen LogP contribution >= 0.6 is 0 Å². The van der Waals surface area contributed by atoms with Crippen molar-refractivity contribution in [1.82, 2.24) is 0 Å². The summed E-state index contributed by atoms with van der Waals surface area (Å²) >= 11 is 0. The predicted octanol–water partition coefficient (Wildman–Crippen LogP) is 5.20. The van der Waals surface area contributed by atoms with Crippen molar-refractivity contribution in [2.75, 3.05) is 0 Å². The molecular weight excluding hydrogens is 340 g/mol. The molecule has 4 aromatic carbocycles. The normalized spacial score (nSPS) is 10.6. The summed E-state index contributed by atoms with van der Waals surface area (Å²) in [6, 6.07) is 43.4. The molecule has 0 nitrogen and oxygen atoms in total. The second-order valence-corrected chi connectivity index (χ2v) is 6.60. The van der Waals surface area contributed by atoms with Gasteiger partial charge in [-0.1, -0.05) is 121 Å². The summed E-state index contributed by atoms with van der Waals surface area (Å²) in [4.78, 5) is 0. The van der Waals surface area contributed by atoms with E-state index in [4.69, 9.17) is 0 Å². The fourth-order valence-electron chi connectivity index (χ4n) is 3.80. The van der Waals surface area contributed by atoms with Crippen LogP contribution in [0.2, 0.25) is 0 Å². The molecule has 0 spiro atoms. The van der Waals surface area contributed by atoms with Crippen molar-refractivity contribution >= 4 is 11.0 Å². The summed E-state index contributed by atoms with van der Waals surface area (Å²) in [5.74, 6) is 0.532. The molecule has 0 aromatic heterocycles. The minimum atomic E-state index is 0. The molecule has 27 heavy (non-hydrogen) atoms. The maximum atomic E-state index is 2.25. The lowest BCUT2D eigenvalue weighted by Gasteiger charge is -2.29.